The Kier molecular flexibility index (Phi) is 9.08. The minimum Gasteiger partial charge on any atom is -0.491 e. The maximum Gasteiger partial charge on any atom is 0.257 e. The second-order valence-electron chi connectivity index (χ2n) is 6.92. The summed E-state index contributed by atoms with van der Waals surface area (Å²) < 4.78 is 22.3. The first-order chi connectivity index (χ1) is 15.2. The van der Waals surface area contributed by atoms with Crippen molar-refractivity contribution in [3.05, 3.63) is 54.1 Å². The fourth-order valence-electron chi connectivity index (χ4n) is 3.05. The lowest BCUT2D eigenvalue weighted by Gasteiger charge is -2.16. The molecule has 3 rings (SSSR count). The zero-order chi connectivity index (χ0) is 21.9. The maximum atomic E-state index is 12.5. The molecule has 1 heterocycles. The highest BCUT2D eigenvalue weighted by Crippen LogP contribution is 2.25. The third-order valence-corrected chi connectivity index (χ3v) is 4.83. The highest BCUT2D eigenvalue weighted by molar-refractivity contribution is 7.80. The number of rotatable bonds is 10. The number of hydrogen-bond acceptors (Lipinski definition) is 6. The summed E-state index contributed by atoms with van der Waals surface area (Å²) in [6.07, 6.45) is 2.18. The van der Waals surface area contributed by atoms with Crippen LogP contribution in [0.3, 0.4) is 0 Å². The Balaban J connectivity index is 1.49. The molecule has 1 saturated heterocycles. The van der Waals surface area contributed by atoms with Crippen LogP contribution in [-0.2, 0) is 9.47 Å². The van der Waals surface area contributed by atoms with Gasteiger partial charge in [0, 0.05) is 18.8 Å². The van der Waals surface area contributed by atoms with Gasteiger partial charge in [-0.3, -0.25) is 10.1 Å². The normalized spacial score (nSPS) is 15.3. The number of thiocarbonyl (C=S) groups is 1. The molecule has 0 aromatic heterocycles. The molecule has 31 heavy (non-hydrogen) atoms. The van der Waals surface area contributed by atoms with Crippen molar-refractivity contribution in [2.45, 2.75) is 25.9 Å². The number of hydrogen-bond donors (Lipinski definition) is 2. The highest BCUT2D eigenvalue weighted by atomic mass is 32.1. The number of ether oxygens (including phenoxy) is 4. The number of para-hydroxylation sites is 2. The topological polar surface area (TPSA) is 78.1 Å². The summed E-state index contributed by atoms with van der Waals surface area (Å²) in [5, 5.41) is 5.91. The van der Waals surface area contributed by atoms with Crippen LogP contribution in [0, 0.1) is 0 Å². The fourth-order valence-corrected chi connectivity index (χ4v) is 3.25. The highest BCUT2D eigenvalue weighted by Gasteiger charge is 2.17. The first-order valence-corrected chi connectivity index (χ1v) is 10.8. The van der Waals surface area contributed by atoms with Crippen LogP contribution >= 0.6 is 12.2 Å². The van der Waals surface area contributed by atoms with Gasteiger partial charge in [0.15, 0.2) is 5.11 Å². The van der Waals surface area contributed by atoms with Crippen LogP contribution in [0.25, 0.3) is 0 Å². The average molecular weight is 445 g/mol. The number of carbonyl (C=O) groups is 1. The van der Waals surface area contributed by atoms with Crippen molar-refractivity contribution >= 4 is 28.9 Å². The third-order valence-electron chi connectivity index (χ3n) is 4.63. The molecule has 1 aliphatic rings. The largest absolute Gasteiger partial charge is 0.491 e. The molecule has 0 saturated carbocycles. The van der Waals surface area contributed by atoms with E-state index in [1.807, 2.05) is 31.2 Å². The molecule has 0 bridgehead atoms. The number of anilines is 1. The van der Waals surface area contributed by atoms with E-state index in [0.717, 1.165) is 19.4 Å². The van der Waals surface area contributed by atoms with E-state index in [0.29, 0.717) is 49.2 Å². The average Bonchev–Trinajstić information content (AvgIpc) is 3.30. The molecule has 166 valence electrons. The monoisotopic (exact) mass is 444 g/mol. The minimum absolute atomic E-state index is 0.117. The van der Waals surface area contributed by atoms with E-state index < -0.39 is 0 Å². The molecular weight excluding hydrogens is 416 g/mol. The molecular formula is C23H28N2O5S. The van der Waals surface area contributed by atoms with Crippen LogP contribution in [0.15, 0.2) is 48.5 Å². The van der Waals surface area contributed by atoms with Gasteiger partial charge in [-0.2, -0.15) is 0 Å². The summed E-state index contributed by atoms with van der Waals surface area (Å²) in [5.41, 5.74) is 1.16. The van der Waals surface area contributed by atoms with Crippen molar-refractivity contribution < 1.29 is 23.7 Å². The van der Waals surface area contributed by atoms with Crippen molar-refractivity contribution in [1.82, 2.24) is 5.32 Å². The lowest BCUT2D eigenvalue weighted by molar-refractivity contribution is 0.0682. The summed E-state index contributed by atoms with van der Waals surface area (Å²) in [6, 6.07) is 14.3. The Morgan fingerprint density at radius 2 is 1.94 bits per heavy atom. The van der Waals surface area contributed by atoms with Crippen LogP contribution in [0.2, 0.25) is 0 Å². The Hall–Kier alpha value is -2.68. The molecule has 2 N–H and O–H groups in total. The molecule has 0 aliphatic carbocycles. The second-order valence-corrected chi connectivity index (χ2v) is 7.33. The van der Waals surface area contributed by atoms with Gasteiger partial charge in [-0.05, 0) is 68.4 Å². The van der Waals surface area contributed by atoms with E-state index in [1.54, 1.807) is 24.3 Å². The summed E-state index contributed by atoms with van der Waals surface area (Å²) in [7, 11) is 0. The smallest absolute Gasteiger partial charge is 0.257 e. The van der Waals surface area contributed by atoms with E-state index >= 15 is 0 Å². The predicted octanol–water partition coefficient (Wildman–Crippen LogP) is 3.79. The Labute approximate surface area is 188 Å². The summed E-state index contributed by atoms with van der Waals surface area (Å²) in [6.45, 7) is 4.84. The summed E-state index contributed by atoms with van der Waals surface area (Å²) >= 11 is 5.31. The van der Waals surface area contributed by atoms with E-state index in [1.165, 1.54) is 0 Å². The van der Waals surface area contributed by atoms with Gasteiger partial charge in [-0.25, -0.2) is 0 Å². The van der Waals surface area contributed by atoms with Crippen LogP contribution < -0.4 is 20.1 Å². The lowest BCUT2D eigenvalue weighted by Crippen LogP contribution is -2.34. The number of nitrogens with one attached hydrogen (secondary N) is 2. The van der Waals surface area contributed by atoms with Gasteiger partial charge >= 0.3 is 0 Å². The SMILES string of the molecule is CCOCCOc1ccc(C(=O)NC(=S)Nc2ccccc2OCC2CCCO2)cc1. The van der Waals surface area contributed by atoms with Crippen LogP contribution in [0.5, 0.6) is 11.5 Å². The minimum atomic E-state index is -0.309. The van der Waals surface area contributed by atoms with Gasteiger partial charge in [0.05, 0.1) is 18.4 Å². The van der Waals surface area contributed by atoms with Gasteiger partial charge < -0.3 is 24.3 Å². The van der Waals surface area contributed by atoms with Crippen LogP contribution in [0.1, 0.15) is 30.1 Å². The zero-order valence-electron chi connectivity index (χ0n) is 17.6. The number of amides is 1. The van der Waals surface area contributed by atoms with Crippen LogP contribution in [0.4, 0.5) is 5.69 Å². The van der Waals surface area contributed by atoms with Crippen molar-refractivity contribution in [3.8, 4) is 11.5 Å². The fraction of sp³-hybridized carbons (Fsp3) is 0.391. The lowest BCUT2D eigenvalue weighted by atomic mass is 10.2. The van der Waals surface area contributed by atoms with E-state index in [9.17, 15) is 4.79 Å². The Bertz CT molecular complexity index is 853. The molecule has 1 atom stereocenters. The zero-order valence-corrected chi connectivity index (χ0v) is 18.4. The molecule has 2 aromatic carbocycles. The van der Waals surface area contributed by atoms with Gasteiger partial charge in [-0.15, -0.1) is 0 Å². The predicted molar refractivity (Wildman–Crippen MR) is 123 cm³/mol. The summed E-state index contributed by atoms with van der Waals surface area (Å²) in [4.78, 5) is 12.5. The summed E-state index contributed by atoms with van der Waals surface area (Å²) in [5.74, 6) is 1.02. The second kappa shape index (κ2) is 12.2. The molecule has 1 amide bonds. The van der Waals surface area contributed by atoms with E-state index in [4.69, 9.17) is 31.2 Å². The Morgan fingerprint density at radius 1 is 1.13 bits per heavy atom. The first-order valence-electron chi connectivity index (χ1n) is 10.4. The standard InChI is InChI=1S/C23H28N2O5S/c1-2-27-14-15-29-18-11-9-17(10-12-18)22(26)25-23(31)24-20-7-3-4-8-21(20)30-16-19-6-5-13-28-19/h3-4,7-12,19H,2,5-6,13-16H2,1H3,(H2,24,25,26,31). The van der Waals surface area contributed by atoms with Gasteiger partial charge in [0.2, 0.25) is 0 Å². The maximum absolute atomic E-state index is 12.5. The van der Waals surface area contributed by atoms with Crippen molar-refractivity contribution in [1.29, 1.82) is 0 Å². The molecule has 0 spiro atoms. The molecule has 2 aromatic rings. The number of benzene rings is 2. The number of carbonyl (C=O) groups excluding carboxylic acids is 1. The van der Waals surface area contributed by atoms with Gasteiger partial charge in [0.25, 0.3) is 5.91 Å². The van der Waals surface area contributed by atoms with Crippen molar-refractivity contribution in [2.24, 2.45) is 0 Å². The van der Waals surface area contributed by atoms with Crippen molar-refractivity contribution in [3.63, 3.8) is 0 Å². The molecule has 0 radical (unpaired) electrons. The quantitative estimate of drug-likeness (QED) is 0.426. The van der Waals surface area contributed by atoms with E-state index in [2.05, 4.69) is 10.6 Å². The first kappa shape index (κ1) is 23.0. The molecule has 1 fully saturated rings. The molecule has 1 unspecified atom stereocenters. The third kappa shape index (κ3) is 7.50. The Morgan fingerprint density at radius 3 is 2.68 bits per heavy atom. The van der Waals surface area contributed by atoms with Crippen molar-refractivity contribution in [2.75, 3.05) is 38.4 Å². The molecule has 8 heteroatoms. The van der Waals surface area contributed by atoms with Crippen LogP contribution in [-0.4, -0.2) is 50.2 Å². The van der Waals surface area contributed by atoms with Gasteiger partial charge in [0.1, 0.15) is 24.7 Å². The van der Waals surface area contributed by atoms with Gasteiger partial charge in [-0.1, -0.05) is 12.1 Å². The van der Waals surface area contributed by atoms with E-state index in [-0.39, 0.29) is 17.1 Å². The molecule has 1 aliphatic heterocycles. The molecule has 7 nitrogen and oxygen atoms in total.